The zero-order valence-corrected chi connectivity index (χ0v) is 12.1. The van der Waals surface area contributed by atoms with Gasteiger partial charge in [0.2, 0.25) is 0 Å². The van der Waals surface area contributed by atoms with Crippen molar-refractivity contribution in [3.8, 4) is 0 Å². The highest BCUT2D eigenvalue weighted by molar-refractivity contribution is 5.58. The molecule has 1 saturated heterocycles. The lowest BCUT2D eigenvalue weighted by Crippen LogP contribution is -2.39. The highest BCUT2D eigenvalue weighted by Gasteiger charge is 2.30. The number of hydrogen-bond acceptors (Lipinski definition) is 3. The number of hydrogen-bond donors (Lipinski definition) is 1. The predicted molar refractivity (Wildman–Crippen MR) is 80.6 cm³/mol. The summed E-state index contributed by atoms with van der Waals surface area (Å²) in [5.41, 5.74) is 10.4. The van der Waals surface area contributed by atoms with Crippen molar-refractivity contribution in [1.29, 1.82) is 0 Å². The maximum Gasteiger partial charge on any atom is 0.0397 e. The number of piperidine rings is 1. The van der Waals surface area contributed by atoms with E-state index in [9.17, 15) is 0 Å². The van der Waals surface area contributed by atoms with Gasteiger partial charge in [0.25, 0.3) is 0 Å². The van der Waals surface area contributed by atoms with Crippen molar-refractivity contribution >= 4 is 5.69 Å². The Labute approximate surface area is 116 Å². The minimum Gasteiger partial charge on any atom is -0.374 e. The van der Waals surface area contributed by atoms with E-state index < -0.39 is 0 Å². The molecule has 2 N–H and O–H groups in total. The molecular weight excluding hydrogens is 234 g/mol. The van der Waals surface area contributed by atoms with Crippen LogP contribution < -0.4 is 10.6 Å². The lowest BCUT2D eigenvalue weighted by atomic mass is 9.84. The summed E-state index contributed by atoms with van der Waals surface area (Å²) in [5.74, 6) is 0.607. The van der Waals surface area contributed by atoms with Crippen molar-refractivity contribution in [1.82, 2.24) is 4.90 Å². The Morgan fingerprint density at radius 2 is 2.11 bits per heavy atom. The fourth-order valence-electron chi connectivity index (χ4n) is 3.80. The van der Waals surface area contributed by atoms with Crippen LogP contribution >= 0.6 is 0 Å². The third-order valence-corrected chi connectivity index (χ3v) is 4.88. The number of fused-ring (bicyclic) bond motifs is 1. The molecule has 0 aliphatic carbocycles. The van der Waals surface area contributed by atoms with Gasteiger partial charge in [-0.2, -0.15) is 0 Å². The Bertz CT molecular complexity index is 457. The smallest absolute Gasteiger partial charge is 0.0397 e. The third kappa shape index (κ3) is 2.26. The molecule has 3 heteroatoms. The van der Waals surface area contributed by atoms with Gasteiger partial charge in [0.1, 0.15) is 0 Å². The number of anilines is 1. The number of benzene rings is 1. The molecule has 0 spiro atoms. The van der Waals surface area contributed by atoms with Crippen LogP contribution in [0.4, 0.5) is 5.69 Å². The molecule has 19 heavy (non-hydrogen) atoms. The van der Waals surface area contributed by atoms with E-state index in [0.29, 0.717) is 12.0 Å². The fraction of sp³-hybridized carbons (Fsp3) is 0.625. The summed E-state index contributed by atoms with van der Waals surface area (Å²) in [4.78, 5) is 4.84. The molecule has 2 unspecified atom stereocenters. The van der Waals surface area contributed by atoms with Crippen molar-refractivity contribution in [2.75, 3.05) is 38.6 Å². The van der Waals surface area contributed by atoms with Crippen molar-refractivity contribution in [2.24, 2.45) is 11.7 Å². The van der Waals surface area contributed by atoms with Crippen LogP contribution in [0.25, 0.3) is 0 Å². The summed E-state index contributed by atoms with van der Waals surface area (Å²) < 4.78 is 0. The average molecular weight is 259 g/mol. The van der Waals surface area contributed by atoms with Crippen molar-refractivity contribution in [2.45, 2.75) is 25.3 Å². The highest BCUT2D eigenvalue weighted by Crippen LogP contribution is 2.37. The monoisotopic (exact) mass is 259 g/mol. The molecule has 2 heterocycles. The van der Waals surface area contributed by atoms with Crippen LogP contribution in [-0.2, 0) is 6.42 Å². The van der Waals surface area contributed by atoms with Crippen LogP contribution in [0.2, 0.25) is 0 Å². The summed E-state index contributed by atoms with van der Waals surface area (Å²) in [7, 11) is 4.42. The number of nitrogens with two attached hydrogens (primary N) is 1. The summed E-state index contributed by atoms with van der Waals surface area (Å²) in [5, 5.41) is 0. The normalized spacial score (nSPS) is 27.6. The molecule has 1 aromatic carbocycles. The van der Waals surface area contributed by atoms with Gasteiger partial charge < -0.3 is 10.6 Å². The van der Waals surface area contributed by atoms with E-state index in [4.69, 9.17) is 5.73 Å². The summed E-state index contributed by atoms with van der Waals surface area (Å²) in [6, 6.07) is 7.55. The van der Waals surface area contributed by atoms with Gasteiger partial charge in [0.05, 0.1) is 0 Å². The second-order valence-electron chi connectivity index (χ2n) is 6.12. The number of nitrogens with zero attached hydrogens (tertiary/aromatic N) is 2. The van der Waals surface area contributed by atoms with E-state index in [1.54, 1.807) is 0 Å². The van der Waals surface area contributed by atoms with Gasteiger partial charge >= 0.3 is 0 Å². The van der Waals surface area contributed by atoms with Crippen LogP contribution in [-0.4, -0.2) is 38.6 Å². The van der Waals surface area contributed by atoms with Crippen LogP contribution in [0.3, 0.4) is 0 Å². The third-order valence-electron chi connectivity index (χ3n) is 4.88. The first-order valence-electron chi connectivity index (χ1n) is 7.45. The molecule has 2 aliphatic heterocycles. The molecule has 2 atom stereocenters. The van der Waals surface area contributed by atoms with Crippen molar-refractivity contribution < 1.29 is 0 Å². The van der Waals surface area contributed by atoms with E-state index in [0.717, 1.165) is 13.1 Å². The van der Waals surface area contributed by atoms with E-state index in [-0.39, 0.29) is 0 Å². The molecule has 3 nitrogen and oxygen atoms in total. The highest BCUT2D eigenvalue weighted by atomic mass is 15.1. The molecule has 104 valence electrons. The summed E-state index contributed by atoms with van der Waals surface area (Å²) >= 11 is 0. The molecule has 1 aromatic rings. The standard InChI is InChI=1S/C16H25N3/c1-18-9-7-12-10-13(5-6-15(12)18)16-14(11-17)4-3-8-19(16)2/h5-6,10,14,16H,3-4,7-9,11,17H2,1-2H3. The lowest BCUT2D eigenvalue weighted by Gasteiger charge is -2.39. The van der Waals surface area contributed by atoms with Gasteiger partial charge in [-0.05, 0) is 62.5 Å². The zero-order chi connectivity index (χ0) is 13.4. The Morgan fingerprint density at radius 3 is 2.89 bits per heavy atom. The first-order chi connectivity index (χ1) is 9.20. The second kappa shape index (κ2) is 5.14. The maximum atomic E-state index is 5.99. The molecule has 0 saturated carbocycles. The van der Waals surface area contributed by atoms with E-state index in [2.05, 4.69) is 42.1 Å². The lowest BCUT2D eigenvalue weighted by molar-refractivity contribution is 0.125. The molecule has 3 rings (SSSR count). The van der Waals surface area contributed by atoms with E-state index in [1.807, 2.05) is 0 Å². The van der Waals surface area contributed by atoms with Crippen molar-refractivity contribution in [3.05, 3.63) is 29.3 Å². The molecule has 1 fully saturated rings. The predicted octanol–water partition coefficient (Wildman–Crippen LogP) is 2.02. The van der Waals surface area contributed by atoms with Crippen LogP contribution in [0.1, 0.15) is 30.0 Å². The fourth-order valence-corrected chi connectivity index (χ4v) is 3.80. The molecule has 2 aliphatic rings. The number of rotatable bonds is 2. The van der Waals surface area contributed by atoms with E-state index in [1.165, 1.54) is 42.6 Å². The molecule has 0 amide bonds. The van der Waals surface area contributed by atoms with Crippen LogP contribution in [0.15, 0.2) is 18.2 Å². The van der Waals surface area contributed by atoms with Gasteiger partial charge in [-0.3, -0.25) is 4.90 Å². The quantitative estimate of drug-likeness (QED) is 0.882. The molecule has 0 aromatic heterocycles. The molecule has 0 radical (unpaired) electrons. The minimum atomic E-state index is 0.509. The first kappa shape index (κ1) is 12.9. The average Bonchev–Trinajstić information content (AvgIpc) is 2.79. The summed E-state index contributed by atoms with van der Waals surface area (Å²) in [6.07, 6.45) is 3.73. The van der Waals surface area contributed by atoms with Gasteiger partial charge in [-0.1, -0.05) is 12.1 Å². The minimum absolute atomic E-state index is 0.509. The zero-order valence-electron chi connectivity index (χ0n) is 12.1. The first-order valence-corrected chi connectivity index (χ1v) is 7.45. The Kier molecular flexibility index (Phi) is 3.50. The van der Waals surface area contributed by atoms with Gasteiger partial charge in [0.15, 0.2) is 0 Å². The SMILES string of the molecule is CN1CCc2cc(C3C(CN)CCCN3C)ccc21. The Balaban J connectivity index is 1.92. The largest absolute Gasteiger partial charge is 0.374 e. The maximum absolute atomic E-state index is 5.99. The van der Waals surface area contributed by atoms with Gasteiger partial charge in [-0.25, -0.2) is 0 Å². The van der Waals surface area contributed by atoms with Gasteiger partial charge in [-0.15, -0.1) is 0 Å². The molecule has 0 bridgehead atoms. The van der Waals surface area contributed by atoms with Gasteiger partial charge in [0, 0.05) is 25.3 Å². The topological polar surface area (TPSA) is 32.5 Å². The Hall–Kier alpha value is -1.06. The molecular formula is C16H25N3. The van der Waals surface area contributed by atoms with E-state index >= 15 is 0 Å². The van der Waals surface area contributed by atoms with Crippen LogP contribution in [0.5, 0.6) is 0 Å². The summed E-state index contributed by atoms with van der Waals surface area (Å²) in [6.45, 7) is 3.14. The second-order valence-corrected chi connectivity index (χ2v) is 6.12. The van der Waals surface area contributed by atoms with Crippen LogP contribution in [0, 0.1) is 5.92 Å². The Morgan fingerprint density at radius 1 is 1.26 bits per heavy atom. The van der Waals surface area contributed by atoms with Crippen molar-refractivity contribution in [3.63, 3.8) is 0 Å². The number of likely N-dealkylation sites (tertiary alicyclic amines) is 1. The number of likely N-dealkylation sites (N-methyl/N-ethyl adjacent to an activating group) is 1.